The third-order valence-electron chi connectivity index (χ3n) is 4.23. The summed E-state index contributed by atoms with van der Waals surface area (Å²) in [5.41, 5.74) is 0. The molecule has 0 unspecified atom stereocenters. The first kappa shape index (κ1) is 11.9. The second-order valence-electron chi connectivity index (χ2n) is 5.20. The van der Waals surface area contributed by atoms with Crippen molar-refractivity contribution in [2.45, 2.75) is 43.8 Å². The second kappa shape index (κ2) is 5.20. The summed E-state index contributed by atoms with van der Waals surface area (Å²) >= 11 is 0. The van der Waals surface area contributed by atoms with Gasteiger partial charge in [-0.3, -0.25) is 4.90 Å². The molecule has 5 nitrogen and oxygen atoms in total. The van der Waals surface area contributed by atoms with E-state index in [4.69, 9.17) is 0 Å². The minimum atomic E-state index is 0.255. The molecule has 1 aromatic rings. The zero-order chi connectivity index (χ0) is 12.4. The lowest BCUT2D eigenvalue weighted by molar-refractivity contribution is 0.102. The molecule has 0 aromatic carbocycles. The number of nitrogens with one attached hydrogen (secondary N) is 1. The molecule has 2 aliphatic rings. The molecule has 2 bridgehead atoms. The molecular weight excluding hydrogens is 228 g/mol. The number of aliphatic hydroxyl groups excluding tert-OH is 1. The lowest BCUT2D eigenvalue weighted by atomic mass is 9.97. The molecule has 3 rings (SSSR count). The van der Waals surface area contributed by atoms with E-state index in [0.29, 0.717) is 18.1 Å². The van der Waals surface area contributed by atoms with Crippen LogP contribution in [0.3, 0.4) is 0 Å². The minimum absolute atomic E-state index is 0.255. The Labute approximate surface area is 107 Å². The lowest BCUT2D eigenvalue weighted by Gasteiger charge is -2.40. The summed E-state index contributed by atoms with van der Waals surface area (Å²) in [4.78, 5) is 2.47. The third-order valence-corrected chi connectivity index (χ3v) is 4.23. The summed E-state index contributed by atoms with van der Waals surface area (Å²) < 4.78 is 0. The SMILES string of the molecule is OCCN1[C@H]2CC[C@@H]1[C@H](Nc1cccnn1)CC2. The van der Waals surface area contributed by atoms with Crippen LogP contribution < -0.4 is 5.32 Å². The van der Waals surface area contributed by atoms with Crippen molar-refractivity contribution in [1.29, 1.82) is 0 Å². The molecule has 3 heterocycles. The Morgan fingerprint density at radius 2 is 2.22 bits per heavy atom. The van der Waals surface area contributed by atoms with Crippen molar-refractivity contribution in [2.75, 3.05) is 18.5 Å². The Morgan fingerprint density at radius 3 is 3.00 bits per heavy atom. The normalized spacial score (nSPS) is 31.5. The fraction of sp³-hybridized carbons (Fsp3) is 0.692. The van der Waals surface area contributed by atoms with Crippen molar-refractivity contribution < 1.29 is 5.11 Å². The van der Waals surface area contributed by atoms with Crippen molar-refractivity contribution in [1.82, 2.24) is 15.1 Å². The average Bonchev–Trinajstić information content (AvgIpc) is 2.67. The van der Waals surface area contributed by atoms with Crippen LogP contribution >= 0.6 is 0 Å². The summed E-state index contributed by atoms with van der Waals surface area (Å²) in [6, 6.07) is 5.53. The van der Waals surface area contributed by atoms with Gasteiger partial charge in [0.25, 0.3) is 0 Å². The second-order valence-corrected chi connectivity index (χ2v) is 5.20. The number of rotatable bonds is 4. The largest absolute Gasteiger partial charge is 0.395 e. The maximum absolute atomic E-state index is 9.17. The van der Waals surface area contributed by atoms with Crippen LogP contribution in [0.2, 0.25) is 0 Å². The monoisotopic (exact) mass is 248 g/mol. The Balaban J connectivity index is 1.69. The van der Waals surface area contributed by atoms with Crippen LogP contribution in [0, 0.1) is 0 Å². The van der Waals surface area contributed by atoms with Crippen LogP contribution in [0.25, 0.3) is 0 Å². The summed E-state index contributed by atoms with van der Waals surface area (Å²) in [6.07, 6.45) is 6.59. The van der Waals surface area contributed by atoms with Gasteiger partial charge < -0.3 is 10.4 Å². The molecule has 2 fully saturated rings. The Morgan fingerprint density at radius 1 is 1.33 bits per heavy atom. The van der Waals surface area contributed by atoms with Crippen LogP contribution in [0.15, 0.2) is 18.3 Å². The molecule has 98 valence electrons. The predicted molar refractivity (Wildman–Crippen MR) is 69.3 cm³/mol. The van der Waals surface area contributed by atoms with Gasteiger partial charge in [0.05, 0.1) is 6.61 Å². The van der Waals surface area contributed by atoms with E-state index in [0.717, 1.165) is 12.4 Å². The first-order chi connectivity index (χ1) is 8.88. The Bertz CT molecular complexity index is 386. The van der Waals surface area contributed by atoms with Crippen molar-refractivity contribution in [3.8, 4) is 0 Å². The number of nitrogens with zero attached hydrogens (tertiary/aromatic N) is 3. The molecule has 18 heavy (non-hydrogen) atoms. The van der Waals surface area contributed by atoms with E-state index < -0.39 is 0 Å². The number of aliphatic hydroxyl groups is 1. The van der Waals surface area contributed by atoms with E-state index in [9.17, 15) is 5.11 Å². The van der Waals surface area contributed by atoms with E-state index in [1.807, 2.05) is 12.1 Å². The number of anilines is 1. The predicted octanol–water partition coefficient (Wildman–Crippen LogP) is 0.876. The van der Waals surface area contributed by atoms with Crippen molar-refractivity contribution in [3.63, 3.8) is 0 Å². The Hall–Kier alpha value is -1.20. The van der Waals surface area contributed by atoms with Crippen LogP contribution in [0.5, 0.6) is 0 Å². The fourth-order valence-electron chi connectivity index (χ4n) is 3.47. The van der Waals surface area contributed by atoms with Crippen molar-refractivity contribution in [2.24, 2.45) is 0 Å². The maximum atomic E-state index is 9.17. The van der Waals surface area contributed by atoms with Gasteiger partial charge in [-0.15, -0.1) is 5.10 Å². The molecule has 3 atom stereocenters. The molecule has 0 saturated carbocycles. The summed E-state index contributed by atoms with van der Waals surface area (Å²) in [5.74, 6) is 0.858. The van der Waals surface area contributed by atoms with Gasteiger partial charge in [-0.25, -0.2) is 0 Å². The standard InChI is InChI=1S/C13H20N4O/c18-9-8-17-10-3-5-11(12(17)6-4-10)15-13-2-1-7-14-16-13/h1-2,7,10-12,18H,3-6,8-9H2,(H,15,16)/t10-,11-,12-/m1/s1. The summed E-state index contributed by atoms with van der Waals surface area (Å²) in [6.45, 7) is 1.05. The quantitative estimate of drug-likeness (QED) is 0.828. The van der Waals surface area contributed by atoms with E-state index in [2.05, 4.69) is 20.4 Å². The maximum Gasteiger partial charge on any atom is 0.148 e. The van der Waals surface area contributed by atoms with Gasteiger partial charge >= 0.3 is 0 Å². The number of hydrogen-bond acceptors (Lipinski definition) is 5. The van der Waals surface area contributed by atoms with Gasteiger partial charge in [0.15, 0.2) is 0 Å². The Kier molecular flexibility index (Phi) is 3.43. The van der Waals surface area contributed by atoms with E-state index in [-0.39, 0.29) is 6.61 Å². The first-order valence-corrected chi connectivity index (χ1v) is 6.79. The van der Waals surface area contributed by atoms with E-state index in [1.165, 1.54) is 25.7 Å². The smallest absolute Gasteiger partial charge is 0.148 e. The molecule has 2 aliphatic heterocycles. The van der Waals surface area contributed by atoms with Crippen LogP contribution in [0.1, 0.15) is 25.7 Å². The molecule has 5 heteroatoms. The van der Waals surface area contributed by atoms with Gasteiger partial charge in [-0.2, -0.15) is 5.10 Å². The van der Waals surface area contributed by atoms with E-state index in [1.54, 1.807) is 6.20 Å². The minimum Gasteiger partial charge on any atom is -0.395 e. The van der Waals surface area contributed by atoms with Crippen molar-refractivity contribution in [3.05, 3.63) is 18.3 Å². The molecule has 1 aromatic heterocycles. The number of piperidine rings is 1. The number of hydrogen-bond donors (Lipinski definition) is 2. The molecule has 0 amide bonds. The highest BCUT2D eigenvalue weighted by molar-refractivity contribution is 5.34. The van der Waals surface area contributed by atoms with Gasteiger partial charge in [-0.1, -0.05) is 0 Å². The molecular formula is C13H20N4O. The van der Waals surface area contributed by atoms with E-state index >= 15 is 0 Å². The highest BCUT2D eigenvalue weighted by Crippen LogP contribution is 2.36. The lowest BCUT2D eigenvalue weighted by Crippen LogP contribution is -2.51. The summed E-state index contributed by atoms with van der Waals surface area (Å²) in [7, 11) is 0. The number of fused-ring (bicyclic) bond motifs is 2. The van der Waals surface area contributed by atoms with Gasteiger partial charge in [0.2, 0.25) is 0 Å². The molecule has 0 radical (unpaired) electrons. The fourth-order valence-corrected chi connectivity index (χ4v) is 3.47. The van der Waals surface area contributed by atoms with Gasteiger partial charge in [0.1, 0.15) is 5.82 Å². The van der Waals surface area contributed by atoms with Crippen molar-refractivity contribution >= 4 is 5.82 Å². The van der Waals surface area contributed by atoms with Gasteiger partial charge in [0, 0.05) is 30.9 Å². The number of aromatic nitrogens is 2. The van der Waals surface area contributed by atoms with Gasteiger partial charge in [-0.05, 0) is 37.8 Å². The van der Waals surface area contributed by atoms with Crippen LogP contribution in [-0.4, -0.2) is 51.5 Å². The summed E-state index contributed by atoms with van der Waals surface area (Å²) in [5, 5.41) is 20.7. The zero-order valence-electron chi connectivity index (χ0n) is 10.5. The zero-order valence-corrected chi connectivity index (χ0v) is 10.5. The molecule has 0 aliphatic carbocycles. The molecule has 0 spiro atoms. The highest BCUT2D eigenvalue weighted by Gasteiger charge is 2.41. The van der Waals surface area contributed by atoms with Crippen LogP contribution in [-0.2, 0) is 0 Å². The topological polar surface area (TPSA) is 61.3 Å². The molecule has 2 saturated heterocycles. The molecule has 2 N–H and O–H groups in total. The van der Waals surface area contributed by atoms with Crippen LogP contribution in [0.4, 0.5) is 5.82 Å². The third kappa shape index (κ3) is 2.20. The highest BCUT2D eigenvalue weighted by atomic mass is 16.3. The average molecular weight is 248 g/mol. The first-order valence-electron chi connectivity index (χ1n) is 6.79.